The molecule has 2 aliphatic rings. The topological polar surface area (TPSA) is 67.2 Å². The highest BCUT2D eigenvalue weighted by Gasteiger charge is 2.27. The minimum Gasteiger partial charge on any atom is -0.300 e. The van der Waals surface area contributed by atoms with Crippen molar-refractivity contribution in [1.29, 1.82) is 0 Å². The molecule has 134 valence electrons. The molecule has 0 bridgehead atoms. The van der Waals surface area contributed by atoms with Crippen LogP contribution < -0.4 is 4.72 Å². The fourth-order valence-electron chi connectivity index (χ4n) is 3.64. The van der Waals surface area contributed by atoms with E-state index in [9.17, 15) is 8.42 Å². The summed E-state index contributed by atoms with van der Waals surface area (Å²) in [6.07, 6.45) is 9.42. The second kappa shape index (κ2) is 6.46. The van der Waals surface area contributed by atoms with Gasteiger partial charge in [0.2, 0.25) is 10.0 Å². The summed E-state index contributed by atoms with van der Waals surface area (Å²) in [6.45, 7) is 2.23. The molecule has 1 aliphatic carbocycles. The summed E-state index contributed by atoms with van der Waals surface area (Å²) < 4.78 is 27.0. The van der Waals surface area contributed by atoms with Crippen molar-refractivity contribution in [3.05, 3.63) is 41.7 Å². The number of hydrogen-bond donors (Lipinski definition) is 1. The summed E-state index contributed by atoms with van der Waals surface area (Å²) in [5.74, 6) is 0. The molecule has 1 saturated carbocycles. The number of nitrogens with one attached hydrogen (secondary N) is 1. The Hall–Kier alpha value is -1.86. The van der Waals surface area contributed by atoms with E-state index in [0.29, 0.717) is 5.69 Å². The second-order valence-electron chi connectivity index (χ2n) is 7.09. The van der Waals surface area contributed by atoms with Crippen LogP contribution in [0.3, 0.4) is 0 Å². The Morgan fingerprint density at radius 1 is 1.12 bits per heavy atom. The van der Waals surface area contributed by atoms with Gasteiger partial charge in [-0.3, -0.25) is 9.62 Å². The molecule has 2 heterocycles. The summed E-state index contributed by atoms with van der Waals surface area (Å²) in [4.78, 5) is 2.63. The number of fused-ring (bicyclic) bond motifs is 1. The van der Waals surface area contributed by atoms with E-state index in [1.54, 1.807) is 12.1 Å². The number of nitrogens with zero attached hydrogens (tertiary/aromatic N) is 3. The van der Waals surface area contributed by atoms with E-state index in [0.717, 1.165) is 43.9 Å². The third-order valence-corrected chi connectivity index (χ3v) is 5.81. The molecule has 0 atom stereocenters. The summed E-state index contributed by atoms with van der Waals surface area (Å²) in [5, 5.41) is 4.77. The van der Waals surface area contributed by atoms with Crippen molar-refractivity contribution in [2.24, 2.45) is 0 Å². The lowest BCUT2D eigenvalue weighted by molar-refractivity contribution is 0.133. The van der Waals surface area contributed by atoms with Crippen LogP contribution in [0.1, 0.15) is 30.5 Å². The third kappa shape index (κ3) is 3.72. The van der Waals surface area contributed by atoms with Gasteiger partial charge in [-0.25, -0.2) is 13.1 Å². The largest absolute Gasteiger partial charge is 0.300 e. The maximum Gasteiger partial charge on any atom is 0.229 e. The molecule has 1 aromatic heterocycles. The SMILES string of the molecule is CS(=O)(=O)Nc1ccc(-n2cc3c(n2)CCN(C2CCC2)CC3)cc1. The minimum atomic E-state index is -3.25. The van der Waals surface area contributed by atoms with Crippen LogP contribution in [0.2, 0.25) is 0 Å². The molecular weight excluding hydrogens is 336 g/mol. The quantitative estimate of drug-likeness (QED) is 0.908. The predicted octanol–water partition coefficient (Wildman–Crippen LogP) is 2.20. The first-order chi connectivity index (χ1) is 12.0. The lowest BCUT2D eigenvalue weighted by Crippen LogP contribution is -2.41. The molecule has 0 amide bonds. The second-order valence-corrected chi connectivity index (χ2v) is 8.84. The Labute approximate surface area is 148 Å². The van der Waals surface area contributed by atoms with E-state index in [1.807, 2.05) is 16.8 Å². The molecule has 0 spiro atoms. The lowest BCUT2D eigenvalue weighted by atomic mass is 9.91. The van der Waals surface area contributed by atoms with Gasteiger partial charge in [0.05, 0.1) is 17.6 Å². The van der Waals surface area contributed by atoms with E-state index >= 15 is 0 Å². The highest BCUT2D eigenvalue weighted by molar-refractivity contribution is 7.92. The maximum atomic E-state index is 11.3. The number of anilines is 1. The van der Waals surface area contributed by atoms with E-state index in [4.69, 9.17) is 5.10 Å². The zero-order valence-electron chi connectivity index (χ0n) is 14.5. The van der Waals surface area contributed by atoms with Gasteiger partial charge in [0.1, 0.15) is 0 Å². The highest BCUT2D eigenvalue weighted by atomic mass is 32.2. The van der Waals surface area contributed by atoms with E-state index < -0.39 is 10.0 Å². The fourth-order valence-corrected chi connectivity index (χ4v) is 4.20. The average Bonchev–Trinajstić information content (AvgIpc) is 2.81. The summed E-state index contributed by atoms with van der Waals surface area (Å²) >= 11 is 0. The molecule has 1 aliphatic heterocycles. The van der Waals surface area contributed by atoms with Gasteiger partial charge in [-0.1, -0.05) is 6.42 Å². The Balaban J connectivity index is 1.48. The molecule has 1 fully saturated rings. The molecule has 4 rings (SSSR count). The average molecular weight is 360 g/mol. The van der Waals surface area contributed by atoms with Crippen LogP contribution in [0.25, 0.3) is 5.69 Å². The van der Waals surface area contributed by atoms with Crippen molar-refractivity contribution in [3.63, 3.8) is 0 Å². The van der Waals surface area contributed by atoms with Crippen LogP contribution in [-0.4, -0.2) is 48.5 Å². The van der Waals surface area contributed by atoms with Gasteiger partial charge in [0, 0.05) is 37.4 Å². The van der Waals surface area contributed by atoms with E-state index in [1.165, 1.54) is 30.5 Å². The lowest BCUT2D eigenvalue weighted by Gasteiger charge is -2.36. The van der Waals surface area contributed by atoms with Crippen LogP contribution in [0.15, 0.2) is 30.5 Å². The van der Waals surface area contributed by atoms with Crippen LogP contribution in [0.5, 0.6) is 0 Å². The van der Waals surface area contributed by atoms with Crippen molar-refractivity contribution >= 4 is 15.7 Å². The molecule has 0 saturated heterocycles. The van der Waals surface area contributed by atoms with Gasteiger partial charge in [-0.05, 0) is 49.1 Å². The molecule has 1 aromatic carbocycles. The standard InChI is InChI=1S/C18H24N4O2S/c1-25(23,24)20-15-5-7-17(8-6-15)22-13-14-9-11-21(16-3-2-4-16)12-10-18(14)19-22/h5-8,13,16,20H,2-4,9-12H2,1H3. The first-order valence-electron chi connectivity index (χ1n) is 8.88. The molecule has 25 heavy (non-hydrogen) atoms. The number of rotatable bonds is 4. The van der Waals surface area contributed by atoms with Crippen LogP contribution in [0, 0.1) is 0 Å². The van der Waals surface area contributed by atoms with E-state index in [-0.39, 0.29) is 0 Å². The number of aromatic nitrogens is 2. The van der Waals surface area contributed by atoms with Crippen molar-refractivity contribution in [2.75, 3.05) is 24.1 Å². The zero-order chi connectivity index (χ0) is 17.4. The van der Waals surface area contributed by atoms with Gasteiger partial charge in [-0.15, -0.1) is 0 Å². The first kappa shape index (κ1) is 16.6. The molecule has 2 aromatic rings. The normalized spacial score (nSPS) is 19.1. The maximum absolute atomic E-state index is 11.3. The molecule has 0 unspecified atom stereocenters. The monoisotopic (exact) mass is 360 g/mol. The summed E-state index contributed by atoms with van der Waals surface area (Å²) in [6, 6.07) is 8.11. The van der Waals surface area contributed by atoms with Crippen LogP contribution in [-0.2, 0) is 22.9 Å². The molecular formula is C18H24N4O2S. The molecule has 1 N–H and O–H groups in total. The number of hydrogen-bond acceptors (Lipinski definition) is 4. The smallest absolute Gasteiger partial charge is 0.229 e. The van der Waals surface area contributed by atoms with Gasteiger partial charge in [-0.2, -0.15) is 5.10 Å². The molecule has 0 radical (unpaired) electrons. The van der Waals surface area contributed by atoms with Gasteiger partial charge in [0.25, 0.3) is 0 Å². The zero-order valence-corrected chi connectivity index (χ0v) is 15.3. The van der Waals surface area contributed by atoms with E-state index in [2.05, 4.69) is 15.8 Å². The van der Waals surface area contributed by atoms with Crippen molar-refractivity contribution in [2.45, 2.75) is 38.1 Å². The van der Waals surface area contributed by atoms with Crippen LogP contribution in [0.4, 0.5) is 5.69 Å². The summed E-state index contributed by atoms with van der Waals surface area (Å²) in [7, 11) is -3.25. The van der Waals surface area contributed by atoms with Gasteiger partial charge >= 0.3 is 0 Å². The van der Waals surface area contributed by atoms with Crippen LogP contribution >= 0.6 is 0 Å². The Kier molecular flexibility index (Phi) is 4.29. The Bertz CT molecular complexity index is 828. The van der Waals surface area contributed by atoms with Crippen molar-refractivity contribution in [3.8, 4) is 5.69 Å². The number of sulfonamides is 1. The molecule has 7 heteroatoms. The Morgan fingerprint density at radius 3 is 2.48 bits per heavy atom. The Morgan fingerprint density at radius 2 is 1.84 bits per heavy atom. The van der Waals surface area contributed by atoms with Gasteiger partial charge < -0.3 is 0 Å². The first-order valence-corrected chi connectivity index (χ1v) is 10.8. The third-order valence-electron chi connectivity index (χ3n) is 5.21. The highest BCUT2D eigenvalue weighted by Crippen LogP contribution is 2.27. The van der Waals surface area contributed by atoms with Crippen molar-refractivity contribution in [1.82, 2.24) is 14.7 Å². The summed E-state index contributed by atoms with van der Waals surface area (Å²) in [5.41, 5.74) is 4.04. The van der Waals surface area contributed by atoms with Gasteiger partial charge in [0.15, 0.2) is 0 Å². The minimum absolute atomic E-state index is 0.566. The molecule has 6 nitrogen and oxygen atoms in total. The number of benzene rings is 1. The van der Waals surface area contributed by atoms with Crippen molar-refractivity contribution < 1.29 is 8.42 Å². The fraction of sp³-hybridized carbons (Fsp3) is 0.500. The predicted molar refractivity (Wildman–Crippen MR) is 98.7 cm³/mol.